The minimum atomic E-state index is -4.37. The fourth-order valence-electron chi connectivity index (χ4n) is 1.93. The highest BCUT2D eigenvalue weighted by atomic mass is 19.4. The van der Waals surface area contributed by atoms with Crippen LogP contribution in [0, 0.1) is 0 Å². The third-order valence-corrected chi connectivity index (χ3v) is 3.16. The van der Waals surface area contributed by atoms with Gasteiger partial charge in [0.15, 0.2) is 0 Å². The molecule has 1 aromatic heterocycles. The Hall–Kier alpha value is -1.93. The number of hydrogen-bond acceptors (Lipinski definition) is 5. The normalized spacial score (nSPS) is 12.1. The molecule has 0 bridgehead atoms. The van der Waals surface area contributed by atoms with E-state index in [1.165, 1.54) is 12.1 Å². The number of alkyl halides is 3. The molecule has 0 aliphatic heterocycles. The molecule has 0 saturated heterocycles. The third kappa shape index (κ3) is 4.05. The third-order valence-electron chi connectivity index (χ3n) is 3.16. The van der Waals surface area contributed by atoms with Gasteiger partial charge in [-0.2, -0.15) is 18.2 Å². The van der Waals surface area contributed by atoms with Crippen molar-refractivity contribution in [2.75, 3.05) is 19.7 Å². The van der Waals surface area contributed by atoms with E-state index in [-0.39, 0.29) is 12.4 Å². The topological polar surface area (TPSA) is 62.4 Å². The Morgan fingerprint density at radius 2 is 1.91 bits per heavy atom. The molecule has 1 N–H and O–H groups in total. The number of nitrogens with zero attached hydrogens (tertiary/aromatic N) is 3. The van der Waals surface area contributed by atoms with Crippen molar-refractivity contribution in [2.45, 2.75) is 19.6 Å². The van der Waals surface area contributed by atoms with Gasteiger partial charge >= 0.3 is 6.18 Å². The zero-order chi connectivity index (χ0) is 16.2. The first-order valence-corrected chi connectivity index (χ1v) is 6.77. The quantitative estimate of drug-likeness (QED) is 0.887. The van der Waals surface area contributed by atoms with E-state index in [2.05, 4.69) is 10.1 Å². The summed E-state index contributed by atoms with van der Waals surface area (Å²) >= 11 is 0. The van der Waals surface area contributed by atoms with E-state index in [0.29, 0.717) is 31.1 Å². The molecule has 1 heterocycles. The molecule has 2 aromatic rings. The maximum absolute atomic E-state index is 12.5. The van der Waals surface area contributed by atoms with E-state index in [1.807, 2.05) is 11.8 Å². The molecule has 0 aliphatic carbocycles. The van der Waals surface area contributed by atoms with Crippen LogP contribution in [0.1, 0.15) is 18.4 Å². The largest absolute Gasteiger partial charge is 0.416 e. The predicted molar refractivity (Wildman–Crippen MR) is 72.8 cm³/mol. The highest BCUT2D eigenvalue weighted by Crippen LogP contribution is 2.30. The molecular weight excluding hydrogens is 299 g/mol. The van der Waals surface area contributed by atoms with E-state index in [9.17, 15) is 13.2 Å². The van der Waals surface area contributed by atoms with Crippen molar-refractivity contribution in [3.05, 3.63) is 35.7 Å². The minimum absolute atomic E-state index is 0.0216. The lowest BCUT2D eigenvalue weighted by molar-refractivity contribution is -0.137. The van der Waals surface area contributed by atoms with Crippen LogP contribution in [0.4, 0.5) is 13.2 Å². The molecule has 0 aliphatic rings. The summed E-state index contributed by atoms with van der Waals surface area (Å²) in [5, 5.41) is 12.7. The molecule has 0 atom stereocenters. The van der Waals surface area contributed by atoms with Gasteiger partial charge < -0.3 is 9.63 Å². The lowest BCUT2D eigenvalue weighted by Crippen LogP contribution is -2.26. The summed E-state index contributed by atoms with van der Waals surface area (Å²) in [6.07, 6.45) is -4.37. The van der Waals surface area contributed by atoms with Gasteiger partial charge in [0.05, 0.1) is 18.7 Å². The number of benzene rings is 1. The average molecular weight is 315 g/mol. The van der Waals surface area contributed by atoms with Crippen molar-refractivity contribution in [3.63, 3.8) is 0 Å². The Morgan fingerprint density at radius 1 is 1.23 bits per heavy atom. The Labute approximate surface area is 125 Å². The van der Waals surface area contributed by atoms with Crippen molar-refractivity contribution in [1.29, 1.82) is 0 Å². The molecular formula is C14H16F3N3O2. The fourth-order valence-corrected chi connectivity index (χ4v) is 1.93. The summed E-state index contributed by atoms with van der Waals surface area (Å²) in [5.74, 6) is 0.592. The van der Waals surface area contributed by atoms with E-state index < -0.39 is 11.7 Å². The average Bonchev–Trinajstić information content (AvgIpc) is 2.94. The van der Waals surface area contributed by atoms with Crippen molar-refractivity contribution in [1.82, 2.24) is 15.0 Å². The van der Waals surface area contributed by atoms with E-state index in [1.54, 1.807) is 0 Å². The maximum Gasteiger partial charge on any atom is 0.416 e. The van der Waals surface area contributed by atoms with Crippen LogP contribution < -0.4 is 0 Å². The smallest absolute Gasteiger partial charge is 0.395 e. The number of halogens is 3. The van der Waals surface area contributed by atoms with Gasteiger partial charge in [-0.1, -0.05) is 24.2 Å². The molecule has 2 rings (SSSR count). The zero-order valence-corrected chi connectivity index (χ0v) is 12.0. The number of likely N-dealkylation sites (N-methyl/N-ethyl adjacent to an activating group) is 1. The van der Waals surface area contributed by atoms with Crippen LogP contribution in [-0.2, 0) is 12.7 Å². The van der Waals surface area contributed by atoms with E-state index >= 15 is 0 Å². The summed E-state index contributed by atoms with van der Waals surface area (Å²) < 4.78 is 42.6. The molecule has 120 valence electrons. The number of aliphatic hydroxyl groups excluding tert-OH is 1. The summed E-state index contributed by atoms with van der Waals surface area (Å²) in [5.41, 5.74) is -0.270. The van der Waals surface area contributed by atoms with Crippen LogP contribution in [0.3, 0.4) is 0 Å². The van der Waals surface area contributed by atoms with Crippen molar-refractivity contribution in [3.8, 4) is 11.4 Å². The minimum Gasteiger partial charge on any atom is -0.395 e. The molecule has 0 amide bonds. The molecule has 1 aromatic carbocycles. The standard InChI is InChI=1S/C14H16F3N3O2/c1-2-20(7-8-21)9-12-18-13(19-22-12)10-3-5-11(6-4-10)14(15,16)17/h3-6,21H,2,7-9H2,1H3. The van der Waals surface area contributed by atoms with Crippen LogP contribution in [-0.4, -0.2) is 39.8 Å². The molecule has 8 heteroatoms. The van der Waals surface area contributed by atoms with Crippen molar-refractivity contribution < 1.29 is 22.8 Å². The molecule has 0 fully saturated rings. The molecule has 0 saturated carbocycles. The second-order valence-electron chi connectivity index (χ2n) is 4.68. The molecule has 22 heavy (non-hydrogen) atoms. The molecule has 0 spiro atoms. The Morgan fingerprint density at radius 3 is 2.45 bits per heavy atom. The van der Waals surface area contributed by atoms with Crippen LogP contribution in [0.15, 0.2) is 28.8 Å². The van der Waals surface area contributed by atoms with Gasteiger partial charge in [-0.15, -0.1) is 0 Å². The van der Waals surface area contributed by atoms with Gasteiger partial charge in [0.2, 0.25) is 11.7 Å². The SMILES string of the molecule is CCN(CCO)Cc1nc(-c2ccc(C(F)(F)F)cc2)no1. The summed E-state index contributed by atoms with van der Waals surface area (Å²) in [4.78, 5) is 6.07. The summed E-state index contributed by atoms with van der Waals surface area (Å²) in [6.45, 7) is 3.52. The van der Waals surface area contributed by atoms with Gasteiger partial charge in [-0.25, -0.2) is 0 Å². The highest BCUT2D eigenvalue weighted by Gasteiger charge is 2.30. The number of rotatable bonds is 6. The first-order chi connectivity index (χ1) is 10.4. The van der Waals surface area contributed by atoms with Crippen LogP contribution in [0.2, 0.25) is 0 Å². The zero-order valence-electron chi connectivity index (χ0n) is 12.0. The van der Waals surface area contributed by atoms with Crippen LogP contribution >= 0.6 is 0 Å². The molecule has 0 unspecified atom stereocenters. The summed E-state index contributed by atoms with van der Waals surface area (Å²) in [7, 11) is 0. The van der Waals surface area contributed by atoms with E-state index in [0.717, 1.165) is 12.1 Å². The monoisotopic (exact) mass is 315 g/mol. The summed E-state index contributed by atoms with van der Waals surface area (Å²) in [6, 6.07) is 4.58. The first kappa shape index (κ1) is 16.4. The lowest BCUT2D eigenvalue weighted by Gasteiger charge is -2.15. The van der Waals surface area contributed by atoms with Gasteiger partial charge in [0, 0.05) is 12.1 Å². The fraction of sp³-hybridized carbons (Fsp3) is 0.429. The van der Waals surface area contributed by atoms with E-state index in [4.69, 9.17) is 9.63 Å². The second kappa shape index (κ2) is 6.89. The van der Waals surface area contributed by atoms with Crippen molar-refractivity contribution >= 4 is 0 Å². The Kier molecular flexibility index (Phi) is 5.15. The first-order valence-electron chi connectivity index (χ1n) is 6.77. The van der Waals surface area contributed by atoms with Crippen molar-refractivity contribution in [2.24, 2.45) is 0 Å². The molecule has 5 nitrogen and oxygen atoms in total. The van der Waals surface area contributed by atoms with Gasteiger partial charge in [0.25, 0.3) is 0 Å². The maximum atomic E-state index is 12.5. The number of hydrogen-bond donors (Lipinski definition) is 1. The van der Waals surface area contributed by atoms with Gasteiger partial charge in [0.1, 0.15) is 0 Å². The second-order valence-corrected chi connectivity index (χ2v) is 4.68. The Balaban J connectivity index is 2.11. The highest BCUT2D eigenvalue weighted by molar-refractivity contribution is 5.54. The van der Waals surface area contributed by atoms with Gasteiger partial charge in [-0.3, -0.25) is 4.90 Å². The lowest BCUT2D eigenvalue weighted by atomic mass is 10.1. The number of aliphatic hydroxyl groups is 1. The molecule has 0 radical (unpaired) electrons. The van der Waals surface area contributed by atoms with Gasteiger partial charge in [-0.05, 0) is 18.7 Å². The number of aromatic nitrogens is 2. The Bertz CT molecular complexity index is 596. The van der Waals surface area contributed by atoms with Crippen LogP contribution in [0.5, 0.6) is 0 Å². The predicted octanol–water partition coefficient (Wildman–Crippen LogP) is 2.57. The van der Waals surface area contributed by atoms with Crippen LogP contribution in [0.25, 0.3) is 11.4 Å².